The molecule has 4 rings (SSSR count). The maximum Gasteiger partial charge on any atom is 0.410 e. The first-order valence-electron chi connectivity index (χ1n) is 16.0. The predicted molar refractivity (Wildman–Crippen MR) is 169 cm³/mol. The maximum atomic E-state index is 14.8. The van der Waals surface area contributed by atoms with Crippen molar-refractivity contribution in [3.8, 4) is 0 Å². The number of nitrogens with zero attached hydrogens (tertiary/aromatic N) is 3. The molecule has 3 aliphatic rings. The Kier molecular flexibility index (Phi) is 12.2. The van der Waals surface area contributed by atoms with E-state index in [9.17, 15) is 19.1 Å². The van der Waals surface area contributed by atoms with Gasteiger partial charge in [0.2, 0.25) is 0 Å². The van der Waals surface area contributed by atoms with Gasteiger partial charge in [0.15, 0.2) is 0 Å². The summed E-state index contributed by atoms with van der Waals surface area (Å²) in [6.07, 6.45) is 5.91. The average Bonchev–Trinajstić information content (AvgIpc) is 3.00. The van der Waals surface area contributed by atoms with Crippen LogP contribution in [0, 0.1) is 17.7 Å². The summed E-state index contributed by atoms with van der Waals surface area (Å²) in [5.41, 5.74) is 2.19. The number of rotatable bonds is 5. The number of aliphatic hydroxyl groups is 1. The van der Waals surface area contributed by atoms with Crippen LogP contribution in [0.15, 0.2) is 35.9 Å². The predicted octanol–water partition coefficient (Wildman–Crippen LogP) is 4.88. The van der Waals surface area contributed by atoms with E-state index in [-0.39, 0.29) is 36.2 Å². The number of hydrogen-bond acceptors (Lipinski definition) is 8. The van der Waals surface area contributed by atoms with Gasteiger partial charge in [-0.05, 0) is 81.0 Å². The molecule has 5 atom stereocenters. The highest BCUT2D eigenvalue weighted by Crippen LogP contribution is 2.28. The average molecular weight is 616 g/mol. The number of cyclic esters (lactones) is 1. The third kappa shape index (κ3) is 9.52. The Morgan fingerprint density at radius 1 is 1.07 bits per heavy atom. The van der Waals surface area contributed by atoms with Crippen LogP contribution in [0.4, 0.5) is 14.9 Å². The minimum absolute atomic E-state index is 0.0616. The van der Waals surface area contributed by atoms with Crippen LogP contribution < -0.4 is 4.90 Å². The lowest BCUT2D eigenvalue weighted by Gasteiger charge is -2.33. The lowest BCUT2D eigenvalue weighted by atomic mass is 9.91. The summed E-state index contributed by atoms with van der Waals surface area (Å²) in [5, 5.41) is 10.6. The van der Waals surface area contributed by atoms with E-state index in [2.05, 4.69) is 9.80 Å². The highest BCUT2D eigenvalue weighted by Gasteiger charge is 2.29. The quantitative estimate of drug-likeness (QED) is 0.370. The van der Waals surface area contributed by atoms with Crippen molar-refractivity contribution >= 4 is 23.8 Å². The molecule has 1 aromatic carbocycles. The van der Waals surface area contributed by atoms with Crippen LogP contribution in [0.1, 0.15) is 58.4 Å². The summed E-state index contributed by atoms with van der Waals surface area (Å²) in [7, 11) is 4.01. The third-order valence-corrected chi connectivity index (χ3v) is 9.15. The van der Waals surface area contributed by atoms with Crippen LogP contribution in [0.3, 0.4) is 0 Å². The second-order valence-corrected chi connectivity index (χ2v) is 12.8. The molecule has 1 N–H and O–H groups in total. The van der Waals surface area contributed by atoms with Crippen molar-refractivity contribution in [3.63, 3.8) is 0 Å². The van der Waals surface area contributed by atoms with Crippen LogP contribution in [-0.4, -0.2) is 105 Å². The molecule has 244 valence electrons. The van der Waals surface area contributed by atoms with Gasteiger partial charge in [-0.15, -0.1) is 0 Å². The molecule has 3 heterocycles. The Morgan fingerprint density at radius 2 is 1.77 bits per heavy atom. The Balaban J connectivity index is 1.56. The van der Waals surface area contributed by atoms with E-state index in [0.717, 1.165) is 37.2 Å². The standard InChI is InChI=1S/C34H50FN3O6/c1-23-6-8-30(39)22-32(40)44-33(24(2)7-9-31(23)43-34(41)38-14-12-36(4)13-15-38)25(3)18-26-19-27(35)21-29(20-26)37(5)28-10-16-42-17-11-28/h7,9,18-21,23-24,28,30-31,33,39H,6,8,10-17,22H2,1-5H3/b9-7?,25-18+/t23-,24-,30?,31-,33-/m0/s1. The van der Waals surface area contributed by atoms with Crippen molar-refractivity contribution < 1.29 is 33.3 Å². The minimum atomic E-state index is -0.867. The molecule has 0 spiro atoms. The number of anilines is 1. The topological polar surface area (TPSA) is 91.8 Å². The number of ether oxygens (including phenoxy) is 3. The third-order valence-electron chi connectivity index (χ3n) is 9.15. The van der Waals surface area contributed by atoms with Gasteiger partial charge in [-0.2, -0.15) is 0 Å². The molecule has 9 nitrogen and oxygen atoms in total. The second kappa shape index (κ2) is 15.9. The van der Waals surface area contributed by atoms with Gasteiger partial charge in [0.25, 0.3) is 0 Å². The number of carbonyl (C=O) groups excluding carboxylic acids is 2. The van der Waals surface area contributed by atoms with E-state index in [4.69, 9.17) is 14.2 Å². The van der Waals surface area contributed by atoms with Gasteiger partial charge < -0.3 is 34.0 Å². The zero-order valence-corrected chi connectivity index (χ0v) is 26.9. The monoisotopic (exact) mass is 615 g/mol. The lowest BCUT2D eigenvalue weighted by molar-refractivity contribution is -0.151. The molecule has 0 saturated carbocycles. The van der Waals surface area contributed by atoms with Crippen molar-refractivity contribution in [3.05, 3.63) is 47.3 Å². The Labute approximate surface area is 261 Å². The molecule has 3 aliphatic heterocycles. The van der Waals surface area contributed by atoms with E-state index in [0.29, 0.717) is 44.7 Å². The Bertz CT molecular complexity index is 1180. The van der Waals surface area contributed by atoms with Gasteiger partial charge in [0, 0.05) is 64.1 Å². The molecule has 0 aliphatic carbocycles. The maximum absolute atomic E-state index is 14.8. The first kappa shape index (κ1) is 33.9. The largest absolute Gasteiger partial charge is 0.457 e. The molecule has 2 saturated heterocycles. The molecular formula is C34H50FN3O6. The fourth-order valence-corrected chi connectivity index (χ4v) is 6.14. The van der Waals surface area contributed by atoms with Crippen LogP contribution in [0.5, 0.6) is 0 Å². The molecule has 0 radical (unpaired) electrons. The summed E-state index contributed by atoms with van der Waals surface area (Å²) < 4.78 is 32.2. The molecule has 1 amide bonds. The Hall–Kier alpha value is -2.95. The number of halogens is 1. The van der Waals surface area contributed by atoms with Crippen molar-refractivity contribution in [2.24, 2.45) is 11.8 Å². The number of esters is 1. The van der Waals surface area contributed by atoms with Crippen LogP contribution in [-0.2, 0) is 19.0 Å². The smallest absolute Gasteiger partial charge is 0.410 e. The molecule has 44 heavy (non-hydrogen) atoms. The lowest BCUT2D eigenvalue weighted by Crippen LogP contribution is -2.48. The summed E-state index contributed by atoms with van der Waals surface area (Å²) in [6, 6.07) is 5.23. The number of hydrogen-bond donors (Lipinski definition) is 1. The van der Waals surface area contributed by atoms with E-state index in [1.165, 1.54) is 12.1 Å². The van der Waals surface area contributed by atoms with Gasteiger partial charge in [-0.25, -0.2) is 9.18 Å². The van der Waals surface area contributed by atoms with Gasteiger partial charge in [0.05, 0.1) is 12.5 Å². The fourth-order valence-electron chi connectivity index (χ4n) is 6.14. The van der Waals surface area contributed by atoms with Crippen molar-refractivity contribution in [2.75, 3.05) is 58.4 Å². The van der Waals surface area contributed by atoms with Crippen molar-refractivity contribution in [2.45, 2.75) is 77.2 Å². The number of aliphatic hydroxyl groups excluding tert-OH is 1. The normalized spacial score (nSPS) is 28.5. The van der Waals surface area contributed by atoms with Crippen molar-refractivity contribution in [1.29, 1.82) is 0 Å². The number of carbonyl (C=O) groups is 2. The first-order chi connectivity index (χ1) is 21.0. The second-order valence-electron chi connectivity index (χ2n) is 12.8. The van der Waals surface area contributed by atoms with Gasteiger partial charge in [-0.1, -0.05) is 26.0 Å². The summed E-state index contributed by atoms with van der Waals surface area (Å²) in [5.74, 6) is -1.16. The first-order valence-corrected chi connectivity index (χ1v) is 16.0. The fraction of sp³-hybridized carbons (Fsp3) is 0.647. The van der Waals surface area contributed by atoms with E-state index < -0.39 is 24.3 Å². The van der Waals surface area contributed by atoms with E-state index in [1.54, 1.807) is 4.90 Å². The highest BCUT2D eigenvalue weighted by atomic mass is 19.1. The molecule has 0 bridgehead atoms. The Morgan fingerprint density at radius 3 is 2.48 bits per heavy atom. The highest BCUT2D eigenvalue weighted by molar-refractivity contribution is 5.71. The molecular weight excluding hydrogens is 565 g/mol. The van der Waals surface area contributed by atoms with Gasteiger partial charge in [0.1, 0.15) is 18.0 Å². The molecule has 10 heteroatoms. The summed E-state index contributed by atoms with van der Waals surface area (Å²) in [4.78, 5) is 32.0. The summed E-state index contributed by atoms with van der Waals surface area (Å²) in [6.45, 7) is 10.0. The number of benzene rings is 1. The molecule has 1 aromatic rings. The van der Waals surface area contributed by atoms with Gasteiger partial charge >= 0.3 is 12.1 Å². The SMILES string of the molecule is C/C(=C\c1cc(F)cc(N(C)C2CCOCC2)c1)[C@H]1OC(=O)CC(O)CC[C@H](C)[C@@H](OC(=O)N2CCN(C)CC2)C=C[C@@H]1C. The van der Waals surface area contributed by atoms with Crippen molar-refractivity contribution in [1.82, 2.24) is 9.80 Å². The molecule has 2 fully saturated rings. The van der Waals surface area contributed by atoms with E-state index in [1.807, 2.05) is 59.2 Å². The zero-order chi connectivity index (χ0) is 31.8. The molecule has 0 aromatic heterocycles. The van der Waals surface area contributed by atoms with Gasteiger partial charge in [-0.3, -0.25) is 4.79 Å². The number of piperazine rings is 1. The van der Waals surface area contributed by atoms with Crippen LogP contribution in [0.25, 0.3) is 6.08 Å². The minimum Gasteiger partial charge on any atom is -0.457 e. The number of amides is 1. The molecule has 1 unspecified atom stereocenters. The van der Waals surface area contributed by atoms with Crippen LogP contribution >= 0.6 is 0 Å². The van der Waals surface area contributed by atoms with E-state index >= 15 is 0 Å². The summed E-state index contributed by atoms with van der Waals surface area (Å²) >= 11 is 0. The van der Waals surface area contributed by atoms with Crippen LogP contribution in [0.2, 0.25) is 0 Å². The number of likely N-dealkylation sites (N-methyl/N-ethyl adjacent to an activating group) is 1. The zero-order valence-electron chi connectivity index (χ0n) is 26.9.